The average molecular weight is 194 g/mol. The molecule has 0 unspecified atom stereocenters. The van der Waals surface area contributed by atoms with E-state index in [0.29, 0.717) is 5.56 Å². The van der Waals surface area contributed by atoms with Crippen molar-refractivity contribution in [1.82, 2.24) is 0 Å². The summed E-state index contributed by atoms with van der Waals surface area (Å²) in [5.74, 6) is -1.20. The topological polar surface area (TPSA) is 77.8 Å². The van der Waals surface area contributed by atoms with Gasteiger partial charge in [-0.2, -0.15) is 0 Å². The fourth-order valence-corrected chi connectivity index (χ4v) is 0.997. The number of aromatic hydroxyl groups is 1. The van der Waals surface area contributed by atoms with E-state index in [1.807, 2.05) is 0 Å². The van der Waals surface area contributed by atoms with Gasteiger partial charge in [-0.25, -0.2) is 4.79 Å². The lowest BCUT2D eigenvalue weighted by Crippen LogP contribution is -1.95. The minimum absolute atomic E-state index is 0.0312. The van der Waals surface area contributed by atoms with Gasteiger partial charge in [0.15, 0.2) is 0 Å². The summed E-state index contributed by atoms with van der Waals surface area (Å²) in [6.07, 6.45) is 2.97. The van der Waals surface area contributed by atoms with Gasteiger partial charge in [0.2, 0.25) is 0 Å². The second-order valence-electron chi connectivity index (χ2n) is 2.66. The predicted molar refractivity (Wildman–Crippen MR) is 51.2 cm³/mol. The number of hydrogen-bond acceptors (Lipinski definition) is 3. The lowest BCUT2D eigenvalue weighted by molar-refractivity contribution is 0.0696. The number of carboxylic acid groups (broad SMARTS) is 1. The van der Waals surface area contributed by atoms with Crippen molar-refractivity contribution in [2.75, 3.05) is 6.61 Å². The third kappa shape index (κ3) is 2.34. The summed E-state index contributed by atoms with van der Waals surface area (Å²) in [6.45, 7) is -0.125. The largest absolute Gasteiger partial charge is 0.507 e. The summed E-state index contributed by atoms with van der Waals surface area (Å²) < 4.78 is 0. The van der Waals surface area contributed by atoms with Crippen LogP contribution in [0.2, 0.25) is 0 Å². The highest BCUT2D eigenvalue weighted by Gasteiger charge is 2.05. The van der Waals surface area contributed by atoms with E-state index in [1.165, 1.54) is 30.4 Å². The molecule has 4 heteroatoms. The molecule has 0 fully saturated rings. The highest BCUT2D eigenvalue weighted by molar-refractivity contribution is 5.88. The minimum atomic E-state index is -1.09. The molecule has 1 rings (SSSR count). The van der Waals surface area contributed by atoms with Crippen molar-refractivity contribution in [3.63, 3.8) is 0 Å². The number of carbonyl (C=O) groups is 1. The molecule has 0 radical (unpaired) electrons. The molecule has 0 bridgehead atoms. The van der Waals surface area contributed by atoms with Crippen molar-refractivity contribution >= 4 is 12.0 Å². The Morgan fingerprint density at radius 1 is 1.43 bits per heavy atom. The van der Waals surface area contributed by atoms with Gasteiger partial charge in [0.25, 0.3) is 0 Å². The van der Waals surface area contributed by atoms with E-state index in [0.717, 1.165) is 0 Å². The fraction of sp³-hybridized carbons (Fsp3) is 0.100. The summed E-state index contributed by atoms with van der Waals surface area (Å²) in [5.41, 5.74) is 0.507. The molecule has 0 spiro atoms. The number of rotatable bonds is 3. The van der Waals surface area contributed by atoms with Gasteiger partial charge in [-0.15, -0.1) is 0 Å². The van der Waals surface area contributed by atoms with Crippen molar-refractivity contribution in [1.29, 1.82) is 0 Å². The normalized spacial score (nSPS) is 10.6. The Bertz CT molecular complexity index is 368. The highest BCUT2D eigenvalue weighted by atomic mass is 16.4. The number of aliphatic hydroxyl groups excluding tert-OH is 1. The number of benzene rings is 1. The van der Waals surface area contributed by atoms with E-state index in [-0.39, 0.29) is 17.9 Å². The molecule has 0 aliphatic heterocycles. The van der Waals surface area contributed by atoms with Gasteiger partial charge >= 0.3 is 5.97 Å². The summed E-state index contributed by atoms with van der Waals surface area (Å²) >= 11 is 0. The molecular formula is C10H10O4. The molecule has 4 nitrogen and oxygen atoms in total. The van der Waals surface area contributed by atoms with E-state index in [9.17, 15) is 9.90 Å². The maximum atomic E-state index is 10.5. The Morgan fingerprint density at radius 3 is 2.64 bits per heavy atom. The number of aliphatic hydroxyl groups is 1. The van der Waals surface area contributed by atoms with Gasteiger partial charge in [-0.1, -0.05) is 18.2 Å². The maximum Gasteiger partial charge on any atom is 0.335 e. The third-order valence-corrected chi connectivity index (χ3v) is 1.68. The minimum Gasteiger partial charge on any atom is -0.507 e. The van der Waals surface area contributed by atoms with E-state index < -0.39 is 5.97 Å². The molecule has 14 heavy (non-hydrogen) atoms. The first-order valence-electron chi connectivity index (χ1n) is 3.99. The van der Waals surface area contributed by atoms with Gasteiger partial charge in [0, 0.05) is 5.56 Å². The van der Waals surface area contributed by atoms with E-state index >= 15 is 0 Å². The van der Waals surface area contributed by atoms with Gasteiger partial charge in [-0.3, -0.25) is 0 Å². The average Bonchev–Trinajstić information content (AvgIpc) is 2.15. The fourth-order valence-electron chi connectivity index (χ4n) is 0.997. The number of phenols is 1. The zero-order valence-corrected chi connectivity index (χ0v) is 7.34. The van der Waals surface area contributed by atoms with Crippen molar-refractivity contribution in [2.24, 2.45) is 0 Å². The molecular weight excluding hydrogens is 184 g/mol. The standard InChI is InChI=1S/C10H10O4/c11-5-1-2-7-3-4-8(10(13)14)6-9(7)12/h1-4,6,11-12H,5H2,(H,13,14). The Balaban J connectivity index is 3.01. The van der Waals surface area contributed by atoms with Crippen molar-refractivity contribution in [3.8, 4) is 5.75 Å². The number of carboxylic acids is 1. The third-order valence-electron chi connectivity index (χ3n) is 1.68. The molecule has 0 saturated carbocycles. The van der Waals surface area contributed by atoms with Crippen LogP contribution in [0.15, 0.2) is 24.3 Å². The molecule has 74 valence electrons. The van der Waals surface area contributed by atoms with Gasteiger partial charge in [0.05, 0.1) is 12.2 Å². The first-order valence-corrected chi connectivity index (χ1v) is 3.99. The molecule has 0 heterocycles. The maximum absolute atomic E-state index is 10.5. The Labute approximate surface area is 80.7 Å². The monoisotopic (exact) mass is 194 g/mol. The lowest BCUT2D eigenvalue weighted by Gasteiger charge is -2.00. The van der Waals surface area contributed by atoms with Crippen LogP contribution in [0.25, 0.3) is 6.08 Å². The highest BCUT2D eigenvalue weighted by Crippen LogP contribution is 2.20. The molecule has 3 N–H and O–H groups in total. The zero-order valence-electron chi connectivity index (χ0n) is 7.34. The molecule has 1 aromatic rings. The van der Waals surface area contributed by atoms with Crippen LogP contribution in [0.3, 0.4) is 0 Å². The van der Waals surface area contributed by atoms with Crippen LogP contribution in [0.5, 0.6) is 5.75 Å². The van der Waals surface area contributed by atoms with Gasteiger partial charge in [0.1, 0.15) is 5.75 Å². The molecule has 0 aromatic heterocycles. The van der Waals surface area contributed by atoms with E-state index in [4.69, 9.17) is 10.2 Å². The van der Waals surface area contributed by atoms with Gasteiger partial charge < -0.3 is 15.3 Å². The van der Waals surface area contributed by atoms with Crippen LogP contribution < -0.4 is 0 Å². The molecule has 0 saturated heterocycles. The number of hydrogen-bond donors (Lipinski definition) is 3. The van der Waals surface area contributed by atoms with Crippen LogP contribution in [-0.2, 0) is 0 Å². The van der Waals surface area contributed by atoms with E-state index in [2.05, 4.69) is 0 Å². The summed E-state index contributed by atoms with van der Waals surface area (Å²) in [4.78, 5) is 10.5. The van der Waals surface area contributed by atoms with Crippen LogP contribution in [0.4, 0.5) is 0 Å². The van der Waals surface area contributed by atoms with Crippen molar-refractivity contribution < 1.29 is 20.1 Å². The SMILES string of the molecule is O=C(O)c1ccc(C=CCO)c(O)c1. The summed E-state index contributed by atoms with van der Waals surface area (Å²) in [5, 5.41) is 26.5. The van der Waals surface area contributed by atoms with Crippen LogP contribution in [0, 0.1) is 0 Å². The first-order chi connectivity index (χ1) is 6.65. The van der Waals surface area contributed by atoms with Gasteiger partial charge in [-0.05, 0) is 12.1 Å². The Hall–Kier alpha value is -1.81. The first kappa shape index (κ1) is 10.3. The van der Waals surface area contributed by atoms with Crippen LogP contribution >= 0.6 is 0 Å². The lowest BCUT2D eigenvalue weighted by atomic mass is 10.1. The smallest absolute Gasteiger partial charge is 0.335 e. The zero-order chi connectivity index (χ0) is 10.6. The quantitative estimate of drug-likeness (QED) is 0.673. The molecule has 0 atom stereocenters. The summed E-state index contributed by atoms with van der Waals surface area (Å²) in [7, 11) is 0. The molecule has 0 aliphatic carbocycles. The van der Waals surface area contributed by atoms with Crippen LogP contribution in [0.1, 0.15) is 15.9 Å². The van der Waals surface area contributed by atoms with Crippen LogP contribution in [-0.4, -0.2) is 27.9 Å². The van der Waals surface area contributed by atoms with Crippen molar-refractivity contribution in [2.45, 2.75) is 0 Å². The van der Waals surface area contributed by atoms with Crippen molar-refractivity contribution in [3.05, 3.63) is 35.4 Å². The Kier molecular flexibility index (Phi) is 3.25. The van der Waals surface area contributed by atoms with E-state index in [1.54, 1.807) is 0 Å². The summed E-state index contributed by atoms with van der Waals surface area (Å²) in [6, 6.07) is 4.03. The number of phenolic OH excluding ortho intramolecular Hbond substituents is 1. The second-order valence-corrected chi connectivity index (χ2v) is 2.66. The Morgan fingerprint density at radius 2 is 2.14 bits per heavy atom. The predicted octanol–water partition coefficient (Wildman–Crippen LogP) is 1.10. The molecule has 0 amide bonds. The molecule has 0 aliphatic rings. The number of aromatic carboxylic acids is 1. The second kappa shape index (κ2) is 4.43. The molecule has 1 aromatic carbocycles.